The number of rotatable bonds is 5. The molecule has 1 heterocycles. The molecule has 2 atom stereocenters. The number of pyridine rings is 1. The number of halogens is 5. The van der Waals surface area contributed by atoms with Gasteiger partial charge in [0.05, 0.1) is 12.1 Å². The number of nitrogens with one attached hydrogen (secondary N) is 1. The molecule has 150 valence electrons. The topological polar surface area (TPSA) is 71.5 Å². The predicted octanol–water partition coefficient (Wildman–Crippen LogP) is 4.36. The molecule has 0 aliphatic heterocycles. The number of fused-ring (bicyclic) bond motifs is 1. The number of hydrogen-bond donors (Lipinski definition) is 2. The van der Waals surface area contributed by atoms with Gasteiger partial charge in [0.2, 0.25) is 5.88 Å². The summed E-state index contributed by atoms with van der Waals surface area (Å²) in [6, 6.07) is 5.44. The van der Waals surface area contributed by atoms with Crippen molar-refractivity contribution in [2.45, 2.75) is 38.0 Å². The smallest absolute Gasteiger partial charge is 0.388 e. The predicted molar refractivity (Wildman–Crippen MR) is 91.7 cm³/mol. The molecule has 0 saturated heterocycles. The zero-order chi connectivity index (χ0) is 20.6. The monoisotopic (exact) mass is 418 g/mol. The first-order valence-corrected chi connectivity index (χ1v) is 8.58. The number of carbonyl (C=O) groups is 1. The van der Waals surface area contributed by atoms with Crippen LogP contribution in [0.5, 0.6) is 5.88 Å². The third kappa shape index (κ3) is 4.05. The fourth-order valence-electron chi connectivity index (χ4n) is 3.07. The fraction of sp³-hybridized carbons (Fsp3) is 0.333. The lowest BCUT2D eigenvalue weighted by atomic mass is 10.0. The van der Waals surface area contributed by atoms with Gasteiger partial charge in [0.1, 0.15) is 5.15 Å². The summed E-state index contributed by atoms with van der Waals surface area (Å²) in [4.78, 5) is 16.2. The van der Waals surface area contributed by atoms with Crippen molar-refractivity contribution in [3.8, 4) is 5.88 Å². The molecular weight excluding hydrogens is 404 g/mol. The Morgan fingerprint density at radius 2 is 2.07 bits per heavy atom. The molecule has 3 rings (SSSR count). The number of carbonyl (C=O) groups excluding carboxylic acids is 1. The number of aliphatic hydroxyl groups is 1. The van der Waals surface area contributed by atoms with Crippen LogP contribution in [-0.4, -0.2) is 22.6 Å². The van der Waals surface area contributed by atoms with Gasteiger partial charge in [-0.25, -0.2) is 13.8 Å². The minimum atomic E-state index is -3.16. The average Bonchev–Trinajstić information content (AvgIpc) is 2.83. The van der Waals surface area contributed by atoms with Crippen molar-refractivity contribution >= 4 is 17.5 Å². The zero-order valence-electron chi connectivity index (χ0n) is 14.4. The number of benzene rings is 1. The molecule has 0 saturated carbocycles. The van der Waals surface area contributed by atoms with Crippen molar-refractivity contribution < 1.29 is 32.2 Å². The summed E-state index contributed by atoms with van der Waals surface area (Å²) in [7, 11) is 0. The molecule has 2 aromatic rings. The number of amides is 1. The lowest BCUT2D eigenvalue weighted by Crippen LogP contribution is -2.27. The fourth-order valence-corrected chi connectivity index (χ4v) is 3.21. The van der Waals surface area contributed by atoms with E-state index in [1.165, 1.54) is 31.2 Å². The molecule has 5 nitrogen and oxygen atoms in total. The number of ether oxygens (including phenoxy) is 1. The van der Waals surface area contributed by atoms with Crippen LogP contribution in [0.1, 0.15) is 52.5 Å². The number of alkyl halides is 4. The lowest BCUT2D eigenvalue weighted by Gasteiger charge is -2.18. The first kappa shape index (κ1) is 20.3. The summed E-state index contributed by atoms with van der Waals surface area (Å²) in [5.41, 5.74) is -0.134. The summed E-state index contributed by atoms with van der Waals surface area (Å²) in [5.74, 6) is -4.23. The largest absolute Gasteiger partial charge is 0.416 e. The zero-order valence-corrected chi connectivity index (χ0v) is 15.2. The normalized spacial score (nSPS) is 18.6. The van der Waals surface area contributed by atoms with Crippen molar-refractivity contribution in [2.75, 3.05) is 0 Å². The van der Waals surface area contributed by atoms with Crippen molar-refractivity contribution in [1.82, 2.24) is 10.3 Å². The number of aromatic nitrogens is 1. The van der Waals surface area contributed by atoms with Gasteiger partial charge in [-0.2, -0.15) is 8.78 Å². The van der Waals surface area contributed by atoms with Crippen molar-refractivity contribution in [3.05, 3.63) is 57.7 Å². The van der Waals surface area contributed by atoms with Crippen LogP contribution in [0.2, 0.25) is 5.15 Å². The molecule has 2 N–H and O–H groups in total. The third-order valence-corrected chi connectivity index (χ3v) is 4.60. The second-order valence-corrected chi connectivity index (χ2v) is 6.72. The van der Waals surface area contributed by atoms with Crippen LogP contribution < -0.4 is 10.1 Å². The van der Waals surface area contributed by atoms with Crippen LogP contribution in [0, 0.1) is 0 Å². The van der Waals surface area contributed by atoms with Gasteiger partial charge in [-0.1, -0.05) is 17.7 Å². The summed E-state index contributed by atoms with van der Waals surface area (Å²) < 4.78 is 57.0. The van der Waals surface area contributed by atoms with E-state index in [0.717, 1.165) is 6.07 Å². The molecular formula is C18H15ClF4N2O3. The van der Waals surface area contributed by atoms with E-state index >= 15 is 0 Å². The van der Waals surface area contributed by atoms with E-state index in [1.54, 1.807) is 0 Å². The molecule has 1 amide bonds. The van der Waals surface area contributed by atoms with Crippen LogP contribution in [0.3, 0.4) is 0 Å². The Morgan fingerprint density at radius 1 is 1.36 bits per heavy atom. The highest BCUT2D eigenvalue weighted by atomic mass is 35.5. The van der Waals surface area contributed by atoms with Crippen LogP contribution in [0.4, 0.5) is 17.6 Å². The van der Waals surface area contributed by atoms with E-state index in [-0.39, 0.29) is 27.4 Å². The summed E-state index contributed by atoms with van der Waals surface area (Å²) in [6.07, 6.45) is -2.11. The summed E-state index contributed by atoms with van der Waals surface area (Å²) >= 11 is 5.69. The molecule has 0 fully saturated rings. The molecule has 0 radical (unpaired) electrons. The van der Waals surface area contributed by atoms with Crippen LogP contribution in [0.15, 0.2) is 30.3 Å². The third-order valence-electron chi connectivity index (χ3n) is 4.39. The molecule has 1 aromatic carbocycles. The van der Waals surface area contributed by atoms with Gasteiger partial charge >= 0.3 is 6.61 Å². The van der Waals surface area contributed by atoms with Crippen LogP contribution in [0.25, 0.3) is 0 Å². The van der Waals surface area contributed by atoms with Gasteiger partial charge in [-0.05, 0) is 36.8 Å². The van der Waals surface area contributed by atoms with Gasteiger partial charge in [-0.15, -0.1) is 0 Å². The minimum absolute atomic E-state index is 0.0137. The van der Waals surface area contributed by atoms with E-state index in [1.807, 2.05) is 0 Å². The average molecular weight is 419 g/mol. The van der Waals surface area contributed by atoms with Crippen molar-refractivity contribution in [2.24, 2.45) is 0 Å². The van der Waals surface area contributed by atoms with E-state index in [0.29, 0.717) is 0 Å². The SMILES string of the molecule is C[C@H](NC(=O)c1ccc2c(c1)[C@H](O)CC2(F)F)c1ccc(Cl)nc1OC(F)F. The highest BCUT2D eigenvalue weighted by Crippen LogP contribution is 2.47. The van der Waals surface area contributed by atoms with Crippen molar-refractivity contribution in [3.63, 3.8) is 0 Å². The van der Waals surface area contributed by atoms with Crippen molar-refractivity contribution in [1.29, 1.82) is 0 Å². The molecule has 28 heavy (non-hydrogen) atoms. The Labute approximate surface area is 162 Å². The number of nitrogens with zero attached hydrogens (tertiary/aromatic N) is 1. The van der Waals surface area contributed by atoms with Gasteiger partial charge in [0, 0.05) is 23.1 Å². The molecule has 1 aliphatic rings. The number of hydrogen-bond acceptors (Lipinski definition) is 4. The van der Waals surface area contributed by atoms with E-state index in [4.69, 9.17) is 11.6 Å². The lowest BCUT2D eigenvalue weighted by molar-refractivity contribution is -0.0537. The quantitative estimate of drug-likeness (QED) is 0.559. The highest BCUT2D eigenvalue weighted by molar-refractivity contribution is 6.29. The standard InChI is InChI=1S/C18H15ClF4N2O3/c1-8(10-3-5-14(19)25-16(10)28-17(20)21)24-15(27)9-2-4-12-11(6-9)13(26)7-18(12,22)23/h2-6,8,13,17,26H,7H2,1H3,(H,24,27)/t8-,13+/m0/s1. The Balaban J connectivity index is 1.82. The van der Waals surface area contributed by atoms with Gasteiger partial charge < -0.3 is 15.2 Å². The first-order valence-electron chi connectivity index (χ1n) is 8.21. The van der Waals surface area contributed by atoms with E-state index < -0.39 is 42.9 Å². The molecule has 10 heteroatoms. The minimum Gasteiger partial charge on any atom is -0.416 e. The molecule has 0 unspecified atom stereocenters. The van der Waals surface area contributed by atoms with E-state index in [9.17, 15) is 27.5 Å². The van der Waals surface area contributed by atoms with Gasteiger partial charge in [0.25, 0.3) is 11.8 Å². The van der Waals surface area contributed by atoms with Crippen LogP contribution in [-0.2, 0) is 5.92 Å². The van der Waals surface area contributed by atoms with Crippen LogP contribution >= 0.6 is 11.6 Å². The maximum atomic E-state index is 13.8. The highest BCUT2D eigenvalue weighted by Gasteiger charge is 2.44. The summed E-state index contributed by atoms with van der Waals surface area (Å²) in [6.45, 7) is -1.62. The molecule has 1 aromatic heterocycles. The Kier molecular flexibility index (Phi) is 5.49. The maximum Gasteiger partial charge on any atom is 0.388 e. The van der Waals surface area contributed by atoms with Gasteiger partial charge in [-0.3, -0.25) is 4.79 Å². The molecule has 0 bridgehead atoms. The molecule has 0 spiro atoms. The Hall–Kier alpha value is -2.39. The Morgan fingerprint density at radius 3 is 2.75 bits per heavy atom. The van der Waals surface area contributed by atoms with Gasteiger partial charge in [0.15, 0.2) is 0 Å². The first-order chi connectivity index (χ1) is 13.1. The number of aliphatic hydroxyl groups excluding tert-OH is 1. The Bertz CT molecular complexity index is 910. The second kappa shape index (κ2) is 7.56. The maximum absolute atomic E-state index is 13.8. The summed E-state index contributed by atoms with van der Waals surface area (Å²) in [5, 5.41) is 12.3. The molecule has 1 aliphatic carbocycles. The van der Waals surface area contributed by atoms with E-state index in [2.05, 4.69) is 15.0 Å². The second-order valence-electron chi connectivity index (χ2n) is 6.33.